The maximum atomic E-state index is 12.6. The van der Waals surface area contributed by atoms with Crippen LogP contribution in [-0.2, 0) is 19.6 Å². The predicted molar refractivity (Wildman–Crippen MR) is 160 cm³/mol. The van der Waals surface area contributed by atoms with Gasteiger partial charge in [0.25, 0.3) is 0 Å². The van der Waals surface area contributed by atoms with Crippen molar-refractivity contribution in [2.75, 3.05) is 39.0 Å². The molecule has 1 atom stereocenters. The lowest BCUT2D eigenvalue weighted by Crippen LogP contribution is -2.51. The van der Waals surface area contributed by atoms with Crippen LogP contribution in [0, 0.1) is 0 Å². The lowest BCUT2D eigenvalue weighted by Gasteiger charge is -2.39. The number of amides is 2. The highest BCUT2D eigenvalue weighted by atomic mass is 32.2. The SMILES string of the molecule is CC(c1cccc2ccccc12)N1CCC(N(CC(=O)NCCNC(=O)C=Cc2ccccc2)S(C)(=O)=O)CC1. The molecule has 9 heteroatoms. The van der Waals surface area contributed by atoms with Gasteiger partial charge in [0.1, 0.15) is 0 Å². The Morgan fingerprint density at radius 1 is 0.950 bits per heavy atom. The van der Waals surface area contributed by atoms with Crippen LogP contribution in [0.1, 0.15) is 36.9 Å². The first-order chi connectivity index (χ1) is 19.2. The highest BCUT2D eigenvalue weighted by molar-refractivity contribution is 7.88. The summed E-state index contributed by atoms with van der Waals surface area (Å²) in [5.41, 5.74) is 2.18. The normalized spacial score (nSPS) is 15.9. The molecule has 1 unspecified atom stereocenters. The van der Waals surface area contributed by atoms with Gasteiger partial charge in [-0.05, 0) is 47.7 Å². The molecule has 0 aliphatic carbocycles. The Bertz CT molecular complexity index is 1430. The van der Waals surface area contributed by atoms with Crippen LogP contribution in [0.3, 0.4) is 0 Å². The summed E-state index contributed by atoms with van der Waals surface area (Å²) in [5, 5.41) is 7.88. The smallest absolute Gasteiger partial charge is 0.244 e. The van der Waals surface area contributed by atoms with Crippen LogP contribution >= 0.6 is 0 Å². The van der Waals surface area contributed by atoms with Crippen LogP contribution < -0.4 is 10.6 Å². The molecule has 1 saturated heterocycles. The molecule has 1 fully saturated rings. The van der Waals surface area contributed by atoms with Gasteiger partial charge in [0.15, 0.2) is 0 Å². The fourth-order valence-electron chi connectivity index (χ4n) is 5.27. The molecule has 0 spiro atoms. The summed E-state index contributed by atoms with van der Waals surface area (Å²) in [6.07, 6.45) is 5.62. The van der Waals surface area contributed by atoms with Crippen LogP contribution in [0.25, 0.3) is 16.8 Å². The second kappa shape index (κ2) is 13.7. The summed E-state index contributed by atoms with van der Waals surface area (Å²) in [6, 6.07) is 24.1. The zero-order chi connectivity index (χ0) is 28.5. The number of fused-ring (bicyclic) bond motifs is 1. The van der Waals surface area contributed by atoms with Crippen molar-refractivity contribution in [3.63, 3.8) is 0 Å². The van der Waals surface area contributed by atoms with Crippen LogP contribution in [-0.4, -0.2) is 74.5 Å². The summed E-state index contributed by atoms with van der Waals surface area (Å²) >= 11 is 0. The van der Waals surface area contributed by atoms with Crippen LogP contribution in [0.4, 0.5) is 0 Å². The molecule has 40 heavy (non-hydrogen) atoms. The van der Waals surface area contributed by atoms with Crippen molar-refractivity contribution in [2.24, 2.45) is 0 Å². The first-order valence-electron chi connectivity index (χ1n) is 13.7. The van der Waals surface area contributed by atoms with Gasteiger partial charge in [0, 0.05) is 44.3 Å². The Morgan fingerprint density at radius 2 is 1.60 bits per heavy atom. The Hall–Kier alpha value is -3.53. The van der Waals surface area contributed by atoms with Crippen molar-refractivity contribution >= 4 is 38.7 Å². The number of carbonyl (C=O) groups is 2. The van der Waals surface area contributed by atoms with Gasteiger partial charge >= 0.3 is 0 Å². The molecule has 2 amide bonds. The fraction of sp³-hybridized carbons (Fsp3) is 0.355. The zero-order valence-electron chi connectivity index (χ0n) is 23.1. The van der Waals surface area contributed by atoms with E-state index < -0.39 is 10.0 Å². The minimum atomic E-state index is -3.58. The number of sulfonamides is 1. The third kappa shape index (κ3) is 8.00. The van der Waals surface area contributed by atoms with E-state index in [0.717, 1.165) is 24.9 Å². The van der Waals surface area contributed by atoms with Gasteiger partial charge in [-0.25, -0.2) is 8.42 Å². The number of piperidine rings is 1. The number of nitrogens with zero attached hydrogens (tertiary/aromatic N) is 2. The van der Waals surface area contributed by atoms with Crippen LogP contribution in [0.5, 0.6) is 0 Å². The van der Waals surface area contributed by atoms with Crippen molar-refractivity contribution in [3.8, 4) is 0 Å². The van der Waals surface area contributed by atoms with E-state index in [9.17, 15) is 18.0 Å². The molecule has 1 aliphatic rings. The number of carbonyl (C=O) groups excluding carboxylic acids is 2. The van der Waals surface area contributed by atoms with Crippen molar-refractivity contribution in [1.29, 1.82) is 0 Å². The monoisotopic (exact) mass is 562 g/mol. The molecule has 0 bridgehead atoms. The van der Waals surface area contributed by atoms with E-state index in [-0.39, 0.29) is 43.5 Å². The Kier molecular flexibility index (Phi) is 10.1. The molecular formula is C31H38N4O4S. The van der Waals surface area contributed by atoms with Gasteiger partial charge in [-0.1, -0.05) is 72.8 Å². The van der Waals surface area contributed by atoms with E-state index in [4.69, 9.17) is 0 Å². The van der Waals surface area contributed by atoms with E-state index in [2.05, 4.69) is 58.9 Å². The Labute approximate surface area is 237 Å². The quantitative estimate of drug-likeness (QED) is 0.275. The van der Waals surface area contributed by atoms with Gasteiger partial charge in [0.05, 0.1) is 12.8 Å². The van der Waals surface area contributed by atoms with Crippen LogP contribution in [0.2, 0.25) is 0 Å². The third-order valence-electron chi connectivity index (χ3n) is 7.43. The summed E-state index contributed by atoms with van der Waals surface area (Å²) in [4.78, 5) is 27.0. The van der Waals surface area contributed by atoms with Crippen LogP contribution in [0.15, 0.2) is 78.9 Å². The first kappa shape index (κ1) is 29.5. The Morgan fingerprint density at radius 3 is 2.33 bits per heavy atom. The molecule has 0 saturated carbocycles. The molecule has 0 radical (unpaired) electrons. The minimum absolute atomic E-state index is 0.194. The zero-order valence-corrected chi connectivity index (χ0v) is 23.9. The van der Waals surface area contributed by atoms with Crippen molar-refractivity contribution in [3.05, 3.63) is 90.0 Å². The average Bonchev–Trinajstić information content (AvgIpc) is 2.96. The summed E-state index contributed by atoms with van der Waals surface area (Å²) in [5.74, 6) is -0.647. The number of benzene rings is 3. The molecule has 0 aromatic heterocycles. The number of hydrogen-bond acceptors (Lipinski definition) is 5. The predicted octanol–water partition coefficient (Wildman–Crippen LogP) is 3.57. The molecular weight excluding hydrogens is 524 g/mol. The van der Waals surface area contributed by atoms with Gasteiger partial charge in [0.2, 0.25) is 21.8 Å². The molecule has 212 valence electrons. The number of hydrogen-bond donors (Lipinski definition) is 2. The lowest BCUT2D eigenvalue weighted by molar-refractivity contribution is -0.122. The molecule has 4 rings (SSSR count). The second-order valence-corrected chi connectivity index (χ2v) is 12.1. The van der Waals surface area contributed by atoms with E-state index in [1.165, 1.54) is 26.7 Å². The van der Waals surface area contributed by atoms with Gasteiger partial charge < -0.3 is 10.6 Å². The molecule has 3 aromatic carbocycles. The molecule has 1 aliphatic heterocycles. The molecule has 3 aromatic rings. The van der Waals surface area contributed by atoms with E-state index in [0.29, 0.717) is 12.8 Å². The summed E-state index contributed by atoms with van der Waals surface area (Å²) < 4.78 is 26.6. The highest BCUT2D eigenvalue weighted by Crippen LogP contribution is 2.31. The largest absolute Gasteiger partial charge is 0.353 e. The first-order valence-corrected chi connectivity index (χ1v) is 15.5. The average molecular weight is 563 g/mol. The molecule has 8 nitrogen and oxygen atoms in total. The standard InChI is InChI=1S/C31H38N4O4S/c1-24(28-14-8-12-26-11-6-7-13-29(26)28)34-21-17-27(18-22-34)35(40(2,38)39)23-31(37)33-20-19-32-30(36)16-15-25-9-4-3-5-10-25/h3-16,24,27H,17-23H2,1-2H3,(H,32,36)(H,33,37). The van der Waals surface area contributed by atoms with Crippen molar-refractivity contribution in [2.45, 2.75) is 31.8 Å². The fourth-order valence-corrected chi connectivity index (χ4v) is 6.37. The highest BCUT2D eigenvalue weighted by Gasteiger charge is 2.33. The van der Waals surface area contributed by atoms with Gasteiger partial charge in [-0.15, -0.1) is 0 Å². The Balaban J connectivity index is 1.25. The van der Waals surface area contributed by atoms with Crippen molar-refractivity contribution < 1.29 is 18.0 Å². The van der Waals surface area contributed by atoms with E-state index in [1.54, 1.807) is 6.08 Å². The minimum Gasteiger partial charge on any atom is -0.353 e. The van der Waals surface area contributed by atoms with E-state index >= 15 is 0 Å². The van der Waals surface area contributed by atoms with Gasteiger partial charge in [-0.2, -0.15) is 4.31 Å². The number of nitrogens with one attached hydrogen (secondary N) is 2. The summed E-state index contributed by atoms with van der Waals surface area (Å²) in [7, 11) is -3.58. The third-order valence-corrected chi connectivity index (χ3v) is 8.71. The molecule has 2 N–H and O–H groups in total. The van der Waals surface area contributed by atoms with Gasteiger partial charge in [-0.3, -0.25) is 14.5 Å². The maximum Gasteiger partial charge on any atom is 0.244 e. The maximum absolute atomic E-state index is 12.6. The lowest BCUT2D eigenvalue weighted by atomic mass is 9.96. The number of rotatable bonds is 11. The van der Waals surface area contributed by atoms with E-state index in [1.807, 2.05) is 36.4 Å². The number of likely N-dealkylation sites (tertiary alicyclic amines) is 1. The van der Waals surface area contributed by atoms with Crippen molar-refractivity contribution in [1.82, 2.24) is 19.8 Å². The topological polar surface area (TPSA) is 98.8 Å². The second-order valence-electron chi connectivity index (χ2n) is 10.2. The summed E-state index contributed by atoms with van der Waals surface area (Å²) in [6.45, 7) is 3.90. The molecule has 1 heterocycles.